The molecule has 0 bridgehead atoms. The number of carbonyl (C=O) groups excluding carboxylic acids is 2. The number of piperidine rings is 1. The first kappa shape index (κ1) is 19.4. The molecule has 2 rings (SSSR count). The Balaban J connectivity index is 1.84. The summed E-state index contributed by atoms with van der Waals surface area (Å²) in [5, 5.41) is 13.4. The van der Waals surface area contributed by atoms with Crippen molar-refractivity contribution in [3.8, 4) is 0 Å². The van der Waals surface area contributed by atoms with Crippen molar-refractivity contribution in [3.63, 3.8) is 0 Å². The van der Waals surface area contributed by atoms with Gasteiger partial charge in [0.05, 0.1) is 6.54 Å². The Labute approximate surface area is 150 Å². The van der Waals surface area contributed by atoms with Gasteiger partial charge in [0.25, 0.3) is 0 Å². The molecule has 0 spiro atoms. The van der Waals surface area contributed by atoms with Crippen LogP contribution in [0.1, 0.15) is 46.1 Å². The van der Waals surface area contributed by atoms with E-state index in [0.29, 0.717) is 25.9 Å². The molecule has 1 atom stereocenters. The number of amides is 2. The summed E-state index contributed by atoms with van der Waals surface area (Å²) in [6.45, 7) is 8.86. The van der Waals surface area contributed by atoms with Gasteiger partial charge in [-0.1, -0.05) is 51.1 Å². The number of rotatable bonds is 4. The highest BCUT2D eigenvalue weighted by molar-refractivity contribution is 5.82. The van der Waals surface area contributed by atoms with Crippen molar-refractivity contribution in [2.24, 2.45) is 11.3 Å². The first-order valence-electron chi connectivity index (χ1n) is 8.96. The zero-order valence-electron chi connectivity index (χ0n) is 15.7. The molecule has 1 aliphatic rings. The van der Waals surface area contributed by atoms with Crippen molar-refractivity contribution in [2.75, 3.05) is 19.6 Å². The molecule has 1 aliphatic heterocycles. The van der Waals surface area contributed by atoms with Gasteiger partial charge in [0.1, 0.15) is 5.60 Å². The van der Waals surface area contributed by atoms with Crippen LogP contribution in [0.4, 0.5) is 0 Å². The minimum absolute atomic E-state index is 0.0425. The van der Waals surface area contributed by atoms with E-state index in [1.165, 1.54) is 0 Å². The number of nitrogens with one attached hydrogen (secondary N) is 1. The summed E-state index contributed by atoms with van der Waals surface area (Å²) in [7, 11) is 0. The summed E-state index contributed by atoms with van der Waals surface area (Å²) in [6, 6.07) is 9.33. The lowest BCUT2D eigenvalue weighted by Crippen LogP contribution is -2.48. The standard InChI is InChI=1S/C20H30N2O3/c1-19(2,3)18(24)22-12-10-15(11-13-22)17(23)21-14-20(4,25)16-8-6-5-7-9-16/h5-9,15,25H,10-14H2,1-4H3,(H,21,23). The molecule has 1 unspecified atom stereocenters. The fraction of sp³-hybridized carbons (Fsp3) is 0.600. The van der Waals surface area contributed by atoms with E-state index in [1.807, 2.05) is 56.0 Å². The smallest absolute Gasteiger partial charge is 0.227 e. The molecule has 25 heavy (non-hydrogen) atoms. The molecule has 0 aliphatic carbocycles. The highest BCUT2D eigenvalue weighted by Crippen LogP contribution is 2.24. The first-order chi connectivity index (χ1) is 11.6. The normalized spacial score (nSPS) is 18.5. The highest BCUT2D eigenvalue weighted by atomic mass is 16.3. The van der Waals surface area contributed by atoms with Crippen molar-refractivity contribution < 1.29 is 14.7 Å². The molecule has 1 fully saturated rings. The van der Waals surface area contributed by atoms with Crippen LogP contribution in [0, 0.1) is 11.3 Å². The number of likely N-dealkylation sites (tertiary alicyclic amines) is 1. The lowest BCUT2D eigenvalue weighted by atomic mass is 9.90. The molecule has 0 aromatic heterocycles. The Morgan fingerprint density at radius 3 is 2.20 bits per heavy atom. The number of aliphatic hydroxyl groups is 1. The number of carbonyl (C=O) groups is 2. The summed E-state index contributed by atoms with van der Waals surface area (Å²) in [5.41, 5.74) is -0.704. The second-order valence-electron chi connectivity index (χ2n) is 8.17. The van der Waals surface area contributed by atoms with Gasteiger partial charge in [-0.25, -0.2) is 0 Å². The van der Waals surface area contributed by atoms with Gasteiger partial charge >= 0.3 is 0 Å². The van der Waals surface area contributed by atoms with E-state index >= 15 is 0 Å². The molecule has 1 aromatic rings. The fourth-order valence-electron chi connectivity index (χ4n) is 3.12. The monoisotopic (exact) mass is 346 g/mol. The predicted octanol–water partition coefficient (Wildman–Crippen LogP) is 2.29. The van der Waals surface area contributed by atoms with Gasteiger partial charge in [0, 0.05) is 24.4 Å². The van der Waals surface area contributed by atoms with Crippen LogP contribution < -0.4 is 5.32 Å². The Kier molecular flexibility index (Phi) is 5.88. The van der Waals surface area contributed by atoms with Gasteiger partial charge in [-0.15, -0.1) is 0 Å². The second kappa shape index (κ2) is 7.56. The van der Waals surface area contributed by atoms with E-state index in [2.05, 4.69) is 5.32 Å². The van der Waals surface area contributed by atoms with Gasteiger partial charge < -0.3 is 15.3 Å². The lowest BCUT2D eigenvalue weighted by molar-refractivity contribution is -0.142. The van der Waals surface area contributed by atoms with Crippen LogP contribution in [0.2, 0.25) is 0 Å². The molecule has 0 saturated carbocycles. The molecule has 2 amide bonds. The molecule has 1 heterocycles. The Morgan fingerprint density at radius 2 is 1.68 bits per heavy atom. The van der Waals surface area contributed by atoms with Crippen LogP contribution >= 0.6 is 0 Å². The average molecular weight is 346 g/mol. The summed E-state index contributed by atoms with van der Waals surface area (Å²) >= 11 is 0. The van der Waals surface area contributed by atoms with Crippen LogP contribution in [0.15, 0.2) is 30.3 Å². The topological polar surface area (TPSA) is 69.6 Å². The van der Waals surface area contributed by atoms with E-state index in [1.54, 1.807) is 6.92 Å². The fourth-order valence-corrected chi connectivity index (χ4v) is 3.12. The van der Waals surface area contributed by atoms with Crippen LogP contribution in [0.25, 0.3) is 0 Å². The van der Waals surface area contributed by atoms with Crippen molar-refractivity contribution in [1.82, 2.24) is 10.2 Å². The number of benzene rings is 1. The van der Waals surface area contributed by atoms with Gasteiger partial charge in [-0.2, -0.15) is 0 Å². The van der Waals surface area contributed by atoms with Crippen molar-refractivity contribution in [1.29, 1.82) is 0 Å². The second-order valence-corrected chi connectivity index (χ2v) is 8.17. The third kappa shape index (κ3) is 5.05. The third-order valence-electron chi connectivity index (χ3n) is 4.80. The minimum Gasteiger partial charge on any atom is -0.384 e. The predicted molar refractivity (Wildman–Crippen MR) is 97.8 cm³/mol. The van der Waals surface area contributed by atoms with Gasteiger partial charge in [-0.3, -0.25) is 9.59 Å². The molecule has 5 nitrogen and oxygen atoms in total. The maximum absolute atomic E-state index is 12.4. The number of hydrogen-bond acceptors (Lipinski definition) is 3. The summed E-state index contributed by atoms with van der Waals surface area (Å²) in [4.78, 5) is 26.6. The maximum atomic E-state index is 12.4. The molecular formula is C20H30N2O3. The minimum atomic E-state index is -1.10. The van der Waals surface area contributed by atoms with Crippen LogP contribution in [0.3, 0.4) is 0 Å². The summed E-state index contributed by atoms with van der Waals surface area (Å²) < 4.78 is 0. The van der Waals surface area contributed by atoms with Crippen molar-refractivity contribution in [3.05, 3.63) is 35.9 Å². The molecule has 138 valence electrons. The molecular weight excluding hydrogens is 316 g/mol. The van der Waals surface area contributed by atoms with E-state index in [9.17, 15) is 14.7 Å². The first-order valence-corrected chi connectivity index (χ1v) is 8.96. The zero-order valence-corrected chi connectivity index (χ0v) is 15.7. The zero-order chi connectivity index (χ0) is 18.7. The van der Waals surface area contributed by atoms with Crippen molar-refractivity contribution in [2.45, 2.75) is 46.1 Å². The molecule has 1 aromatic carbocycles. The van der Waals surface area contributed by atoms with Crippen molar-refractivity contribution >= 4 is 11.8 Å². The van der Waals surface area contributed by atoms with Gasteiger partial charge in [-0.05, 0) is 25.3 Å². The van der Waals surface area contributed by atoms with E-state index in [0.717, 1.165) is 5.56 Å². The molecule has 5 heteroatoms. The van der Waals surface area contributed by atoms with E-state index in [4.69, 9.17) is 0 Å². The van der Waals surface area contributed by atoms with Gasteiger partial charge in [0.15, 0.2) is 0 Å². The largest absolute Gasteiger partial charge is 0.384 e. The lowest BCUT2D eigenvalue weighted by Gasteiger charge is -2.35. The third-order valence-corrected chi connectivity index (χ3v) is 4.80. The van der Waals surface area contributed by atoms with Crippen LogP contribution in [-0.4, -0.2) is 41.5 Å². The van der Waals surface area contributed by atoms with E-state index in [-0.39, 0.29) is 29.7 Å². The number of nitrogens with zero attached hydrogens (tertiary/aromatic N) is 1. The SMILES string of the molecule is CC(C)(C)C(=O)N1CCC(C(=O)NCC(C)(O)c2ccccc2)CC1. The summed E-state index contributed by atoms with van der Waals surface area (Å²) in [6.07, 6.45) is 1.34. The Morgan fingerprint density at radius 1 is 1.12 bits per heavy atom. The summed E-state index contributed by atoms with van der Waals surface area (Å²) in [5.74, 6) is -0.00646. The Hall–Kier alpha value is -1.88. The average Bonchev–Trinajstić information content (AvgIpc) is 2.59. The molecule has 1 saturated heterocycles. The Bertz CT molecular complexity index is 597. The highest BCUT2D eigenvalue weighted by Gasteiger charge is 2.33. The van der Waals surface area contributed by atoms with Gasteiger partial charge in [0.2, 0.25) is 11.8 Å². The molecule has 0 radical (unpaired) electrons. The number of hydrogen-bond donors (Lipinski definition) is 2. The van der Waals surface area contributed by atoms with Crippen LogP contribution in [-0.2, 0) is 15.2 Å². The van der Waals surface area contributed by atoms with Crippen LogP contribution in [0.5, 0.6) is 0 Å². The molecule has 2 N–H and O–H groups in total. The quantitative estimate of drug-likeness (QED) is 0.879. The maximum Gasteiger partial charge on any atom is 0.227 e. The van der Waals surface area contributed by atoms with E-state index < -0.39 is 5.60 Å².